The molecule has 0 radical (unpaired) electrons. The summed E-state index contributed by atoms with van der Waals surface area (Å²) < 4.78 is 1.72. The summed E-state index contributed by atoms with van der Waals surface area (Å²) in [5, 5.41) is 14.6. The van der Waals surface area contributed by atoms with E-state index in [1.165, 1.54) is 0 Å². The van der Waals surface area contributed by atoms with E-state index >= 15 is 0 Å². The van der Waals surface area contributed by atoms with Crippen molar-refractivity contribution in [3.63, 3.8) is 0 Å². The molecule has 21 heavy (non-hydrogen) atoms. The maximum atomic E-state index is 11.9. The topological polar surface area (TPSA) is 75.9 Å². The number of benzene rings is 1. The van der Waals surface area contributed by atoms with Crippen LogP contribution in [-0.4, -0.2) is 50.6 Å². The van der Waals surface area contributed by atoms with Gasteiger partial charge < -0.3 is 5.32 Å². The number of carbonyl (C=O) groups is 1. The number of rotatable bonds is 4. The summed E-state index contributed by atoms with van der Waals surface area (Å²) >= 11 is 0. The van der Waals surface area contributed by atoms with Crippen molar-refractivity contribution in [1.82, 2.24) is 30.4 Å². The standard InChI is InChI=1S/C14H18N6O/c1-15-14(21)12-8-5-9-19(12)10-13-16-17-18-20(13)11-6-3-2-4-7-11/h2-4,6-7,12H,5,8-10H2,1H3,(H,15,21)/t12-/m1/s1. The first-order chi connectivity index (χ1) is 10.3. The molecule has 1 aliphatic heterocycles. The van der Waals surface area contributed by atoms with Gasteiger partial charge >= 0.3 is 0 Å². The zero-order valence-corrected chi connectivity index (χ0v) is 11.9. The first-order valence-electron chi connectivity index (χ1n) is 7.08. The Hall–Kier alpha value is -2.28. The third-order valence-corrected chi connectivity index (χ3v) is 3.79. The highest BCUT2D eigenvalue weighted by Gasteiger charge is 2.31. The molecule has 0 aliphatic carbocycles. The molecular formula is C14H18N6O. The first-order valence-corrected chi connectivity index (χ1v) is 7.08. The lowest BCUT2D eigenvalue weighted by molar-refractivity contribution is -0.125. The van der Waals surface area contributed by atoms with Gasteiger partial charge in [-0.05, 0) is 41.9 Å². The summed E-state index contributed by atoms with van der Waals surface area (Å²) in [5.74, 6) is 0.809. The number of hydrogen-bond donors (Lipinski definition) is 1. The number of amides is 1. The van der Waals surface area contributed by atoms with Gasteiger partial charge in [0.25, 0.3) is 0 Å². The van der Waals surface area contributed by atoms with E-state index in [0.29, 0.717) is 6.54 Å². The van der Waals surface area contributed by atoms with Gasteiger partial charge in [0, 0.05) is 7.05 Å². The van der Waals surface area contributed by atoms with E-state index in [1.807, 2.05) is 30.3 Å². The molecule has 1 saturated heterocycles. The summed E-state index contributed by atoms with van der Waals surface area (Å²) in [6, 6.07) is 9.68. The molecule has 7 nitrogen and oxygen atoms in total. The number of nitrogens with one attached hydrogen (secondary N) is 1. The molecule has 7 heteroatoms. The van der Waals surface area contributed by atoms with Gasteiger partial charge in [-0.25, -0.2) is 0 Å². The Morgan fingerprint density at radius 3 is 2.95 bits per heavy atom. The normalized spacial score (nSPS) is 18.8. The zero-order chi connectivity index (χ0) is 14.7. The highest BCUT2D eigenvalue weighted by Crippen LogP contribution is 2.20. The van der Waals surface area contributed by atoms with Crippen LogP contribution in [0.15, 0.2) is 30.3 Å². The lowest BCUT2D eigenvalue weighted by atomic mass is 10.2. The van der Waals surface area contributed by atoms with E-state index in [-0.39, 0.29) is 11.9 Å². The minimum Gasteiger partial charge on any atom is -0.358 e. The molecule has 3 rings (SSSR count). The zero-order valence-electron chi connectivity index (χ0n) is 11.9. The monoisotopic (exact) mass is 286 g/mol. The van der Waals surface area contributed by atoms with Crippen LogP contribution < -0.4 is 5.32 Å². The van der Waals surface area contributed by atoms with Gasteiger partial charge in [0.15, 0.2) is 5.82 Å². The second kappa shape index (κ2) is 6.01. The Balaban J connectivity index is 1.80. The van der Waals surface area contributed by atoms with Crippen LogP contribution in [0, 0.1) is 0 Å². The lowest BCUT2D eigenvalue weighted by Crippen LogP contribution is -2.41. The number of carbonyl (C=O) groups excluding carboxylic acids is 1. The van der Waals surface area contributed by atoms with Crippen molar-refractivity contribution in [3.05, 3.63) is 36.2 Å². The Morgan fingerprint density at radius 1 is 1.38 bits per heavy atom. The highest BCUT2D eigenvalue weighted by atomic mass is 16.2. The molecule has 2 heterocycles. The van der Waals surface area contributed by atoms with Crippen LogP contribution in [0.25, 0.3) is 5.69 Å². The van der Waals surface area contributed by atoms with Gasteiger partial charge in [-0.3, -0.25) is 9.69 Å². The maximum Gasteiger partial charge on any atom is 0.237 e. The van der Waals surface area contributed by atoms with Crippen LogP contribution >= 0.6 is 0 Å². The predicted molar refractivity (Wildman–Crippen MR) is 76.7 cm³/mol. The van der Waals surface area contributed by atoms with E-state index in [9.17, 15) is 4.79 Å². The fourth-order valence-electron chi connectivity index (χ4n) is 2.73. The van der Waals surface area contributed by atoms with Crippen molar-refractivity contribution >= 4 is 5.91 Å². The minimum absolute atomic E-state index is 0.0613. The number of likely N-dealkylation sites (N-methyl/N-ethyl adjacent to an activating group) is 1. The molecule has 1 aliphatic rings. The summed E-state index contributed by atoms with van der Waals surface area (Å²) in [7, 11) is 1.67. The Kier molecular flexibility index (Phi) is 3.92. The van der Waals surface area contributed by atoms with E-state index in [4.69, 9.17) is 0 Å². The molecule has 1 aromatic carbocycles. The van der Waals surface area contributed by atoms with Crippen LogP contribution in [0.1, 0.15) is 18.7 Å². The van der Waals surface area contributed by atoms with Crippen molar-refractivity contribution in [2.24, 2.45) is 0 Å². The van der Waals surface area contributed by atoms with E-state index in [0.717, 1.165) is 30.9 Å². The lowest BCUT2D eigenvalue weighted by Gasteiger charge is -2.22. The van der Waals surface area contributed by atoms with Gasteiger partial charge in [0.1, 0.15) is 0 Å². The van der Waals surface area contributed by atoms with Gasteiger partial charge in [0.05, 0.1) is 18.3 Å². The fourth-order valence-corrected chi connectivity index (χ4v) is 2.73. The first kappa shape index (κ1) is 13.7. The largest absolute Gasteiger partial charge is 0.358 e. The number of nitrogens with zero attached hydrogens (tertiary/aromatic N) is 5. The van der Waals surface area contributed by atoms with Crippen LogP contribution in [-0.2, 0) is 11.3 Å². The molecule has 1 amide bonds. The Morgan fingerprint density at radius 2 is 2.19 bits per heavy atom. The van der Waals surface area contributed by atoms with Crippen molar-refractivity contribution in [2.75, 3.05) is 13.6 Å². The van der Waals surface area contributed by atoms with E-state index < -0.39 is 0 Å². The molecule has 0 spiro atoms. The Labute approximate surface area is 122 Å². The predicted octanol–water partition coefficient (Wildman–Crippen LogP) is 0.373. The quantitative estimate of drug-likeness (QED) is 0.879. The number of aromatic nitrogens is 4. The van der Waals surface area contributed by atoms with Crippen LogP contribution in [0.2, 0.25) is 0 Å². The molecular weight excluding hydrogens is 268 g/mol. The number of tetrazole rings is 1. The molecule has 2 aromatic rings. The van der Waals surface area contributed by atoms with Crippen LogP contribution in [0.5, 0.6) is 0 Å². The highest BCUT2D eigenvalue weighted by molar-refractivity contribution is 5.81. The van der Waals surface area contributed by atoms with Crippen molar-refractivity contribution in [1.29, 1.82) is 0 Å². The summed E-state index contributed by atoms with van der Waals surface area (Å²) in [6.07, 6.45) is 1.90. The molecule has 1 N–H and O–H groups in total. The van der Waals surface area contributed by atoms with Crippen molar-refractivity contribution in [2.45, 2.75) is 25.4 Å². The van der Waals surface area contributed by atoms with Crippen molar-refractivity contribution in [3.8, 4) is 5.69 Å². The second-order valence-corrected chi connectivity index (χ2v) is 5.09. The second-order valence-electron chi connectivity index (χ2n) is 5.09. The fraction of sp³-hybridized carbons (Fsp3) is 0.429. The number of hydrogen-bond acceptors (Lipinski definition) is 5. The maximum absolute atomic E-state index is 11.9. The molecule has 1 fully saturated rings. The SMILES string of the molecule is CNC(=O)[C@H]1CCCN1Cc1nnnn1-c1ccccc1. The summed E-state index contributed by atoms with van der Waals surface area (Å²) in [6.45, 7) is 1.46. The number of para-hydroxylation sites is 1. The summed E-state index contributed by atoms with van der Waals surface area (Å²) in [4.78, 5) is 14.0. The van der Waals surface area contributed by atoms with Gasteiger partial charge in [0.2, 0.25) is 5.91 Å². The van der Waals surface area contributed by atoms with E-state index in [1.54, 1.807) is 11.7 Å². The molecule has 110 valence electrons. The third-order valence-electron chi connectivity index (χ3n) is 3.79. The Bertz CT molecular complexity index is 611. The minimum atomic E-state index is -0.0871. The molecule has 0 saturated carbocycles. The molecule has 0 unspecified atom stereocenters. The average molecular weight is 286 g/mol. The average Bonchev–Trinajstić information content (AvgIpc) is 3.17. The van der Waals surface area contributed by atoms with E-state index in [2.05, 4.69) is 25.7 Å². The molecule has 1 atom stereocenters. The number of likely N-dealkylation sites (tertiary alicyclic amines) is 1. The third kappa shape index (κ3) is 2.78. The van der Waals surface area contributed by atoms with Crippen molar-refractivity contribution < 1.29 is 4.79 Å². The van der Waals surface area contributed by atoms with Gasteiger partial charge in [-0.15, -0.1) is 5.10 Å². The van der Waals surface area contributed by atoms with Crippen LogP contribution in [0.4, 0.5) is 0 Å². The van der Waals surface area contributed by atoms with Crippen LogP contribution in [0.3, 0.4) is 0 Å². The smallest absolute Gasteiger partial charge is 0.237 e. The van der Waals surface area contributed by atoms with Gasteiger partial charge in [-0.2, -0.15) is 4.68 Å². The molecule has 0 bridgehead atoms. The van der Waals surface area contributed by atoms with Gasteiger partial charge in [-0.1, -0.05) is 18.2 Å². The molecule has 1 aromatic heterocycles. The summed E-state index contributed by atoms with van der Waals surface area (Å²) in [5.41, 5.74) is 0.924.